The Morgan fingerprint density at radius 3 is 2.50 bits per heavy atom. The SMILES string of the molecule is CC(=O)CN(CCN)C(=O)OCc1ccccc1. The van der Waals surface area contributed by atoms with Gasteiger partial charge in [-0.2, -0.15) is 0 Å². The number of ketones is 1. The van der Waals surface area contributed by atoms with E-state index in [0.29, 0.717) is 13.1 Å². The highest BCUT2D eigenvalue weighted by molar-refractivity contribution is 5.81. The van der Waals surface area contributed by atoms with Gasteiger partial charge in [0.2, 0.25) is 0 Å². The molecule has 18 heavy (non-hydrogen) atoms. The molecular weight excluding hydrogens is 232 g/mol. The van der Waals surface area contributed by atoms with Crippen molar-refractivity contribution >= 4 is 11.9 Å². The Hall–Kier alpha value is -1.88. The third kappa shape index (κ3) is 4.97. The van der Waals surface area contributed by atoms with E-state index < -0.39 is 6.09 Å². The number of amides is 1. The van der Waals surface area contributed by atoms with Crippen molar-refractivity contribution in [2.45, 2.75) is 13.5 Å². The fourth-order valence-electron chi connectivity index (χ4n) is 1.47. The minimum Gasteiger partial charge on any atom is -0.445 e. The minimum atomic E-state index is -0.514. The first-order valence-corrected chi connectivity index (χ1v) is 5.78. The van der Waals surface area contributed by atoms with E-state index in [1.54, 1.807) is 0 Å². The van der Waals surface area contributed by atoms with E-state index >= 15 is 0 Å². The molecule has 2 N–H and O–H groups in total. The normalized spacial score (nSPS) is 9.89. The topological polar surface area (TPSA) is 72.6 Å². The first kappa shape index (κ1) is 14.2. The average molecular weight is 250 g/mol. The molecule has 5 nitrogen and oxygen atoms in total. The zero-order chi connectivity index (χ0) is 13.4. The van der Waals surface area contributed by atoms with Crippen LogP contribution in [0.3, 0.4) is 0 Å². The molecule has 5 heteroatoms. The number of hydrogen-bond acceptors (Lipinski definition) is 4. The molecular formula is C13H18N2O3. The molecule has 0 heterocycles. The maximum Gasteiger partial charge on any atom is 0.410 e. The molecule has 0 saturated heterocycles. The molecule has 1 amide bonds. The molecule has 0 radical (unpaired) electrons. The predicted octanol–water partition coefficient (Wildman–Crippen LogP) is 1.17. The van der Waals surface area contributed by atoms with Gasteiger partial charge in [-0.05, 0) is 12.5 Å². The van der Waals surface area contributed by atoms with Crippen LogP contribution in [-0.4, -0.2) is 36.4 Å². The van der Waals surface area contributed by atoms with E-state index in [-0.39, 0.29) is 18.9 Å². The van der Waals surface area contributed by atoms with Gasteiger partial charge in [-0.25, -0.2) is 4.79 Å². The van der Waals surface area contributed by atoms with Gasteiger partial charge in [0.15, 0.2) is 0 Å². The molecule has 1 rings (SSSR count). The molecule has 98 valence electrons. The molecule has 1 aromatic carbocycles. The lowest BCUT2D eigenvalue weighted by molar-refractivity contribution is -0.117. The first-order valence-electron chi connectivity index (χ1n) is 5.78. The summed E-state index contributed by atoms with van der Waals surface area (Å²) < 4.78 is 5.12. The summed E-state index contributed by atoms with van der Waals surface area (Å²) in [6, 6.07) is 9.37. The molecule has 0 aromatic heterocycles. The van der Waals surface area contributed by atoms with Crippen molar-refractivity contribution in [3.05, 3.63) is 35.9 Å². The van der Waals surface area contributed by atoms with Crippen molar-refractivity contribution in [2.24, 2.45) is 5.73 Å². The standard InChI is InChI=1S/C13H18N2O3/c1-11(16)9-15(8-7-14)13(17)18-10-12-5-3-2-4-6-12/h2-6H,7-10,14H2,1H3. The molecule has 0 bridgehead atoms. The van der Waals surface area contributed by atoms with Crippen LogP contribution in [0.4, 0.5) is 4.79 Å². The van der Waals surface area contributed by atoms with Crippen molar-refractivity contribution < 1.29 is 14.3 Å². The van der Waals surface area contributed by atoms with Crippen LogP contribution in [0.15, 0.2) is 30.3 Å². The van der Waals surface area contributed by atoms with Crippen molar-refractivity contribution in [1.82, 2.24) is 4.90 Å². The number of Topliss-reactive ketones (excluding diaryl/α,β-unsaturated/α-hetero) is 1. The molecule has 0 saturated carbocycles. The van der Waals surface area contributed by atoms with Crippen LogP contribution in [0.2, 0.25) is 0 Å². The molecule has 0 unspecified atom stereocenters. The quantitative estimate of drug-likeness (QED) is 0.822. The number of hydrogen-bond donors (Lipinski definition) is 1. The van der Waals surface area contributed by atoms with Gasteiger partial charge >= 0.3 is 6.09 Å². The Kier molecular flexibility index (Phi) is 5.87. The summed E-state index contributed by atoms with van der Waals surface area (Å²) >= 11 is 0. The molecule has 0 aliphatic carbocycles. The van der Waals surface area contributed by atoms with Crippen LogP contribution < -0.4 is 5.73 Å². The highest BCUT2D eigenvalue weighted by Gasteiger charge is 2.15. The summed E-state index contributed by atoms with van der Waals surface area (Å²) in [4.78, 5) is 24.1. The summed E-state index contributed by atoms with van der Waals surface area (Å²) in [6.45, 7) is 2.26. The summed E-state index contributed by atoms with van der Waals surface area (Å²) in [6.07, 6.45) is -0.514. The number of carbonyl (C=O) groups is 2. The number of nitrogens with zero attached hydrogens (tertiary/aromatic N) is 1. The van der Waals surface area contributed by atoms with Crippen molar-refractivity contribution in [3.8, 4) is 0 Å². The van der Waals surface area contributed by atoms with Crippen LogP contribution in [0.25, 0.3) is 0 Å². The third-order valence-corrected chi connectivity index (χ3v) is 2.28. The van der Waals surface area contributed by atoms with Crippen LogP contribution in [0, 0.1) is 0 Å². The largest absolute Gasteiger partial charge is 0.445 e. The van der Waals surface area contributed by atoms with Gasteiger partial charge in [0, 0.05) is 13.1 Å². The summed E-state index contributed by atoms with van der Waals surface area (Å²) in [5.74, 6) is -0.0971. The van der Waals surface area contributed by atoms with Gasteiger partial charge in [-0.1, -0.05) is 30.3 Å². The van der Waals surface area contributed by atoms with Crippen LogP contribution in [0.1, 0.15) is 12.5 Å². The fourth-order valence-corrected chi connectivity index (χ4v) is 1.47. The van der Waals surface area contributed by atoms with Crippen molar-refractivity contribution in [3.63, 3.8) is 0 Å². The monoisotopic (exact) mass is 250 g/mol. The second kappa shape index (κ2) is 7.45. The van der Waals surface area contributed by atoms with Crippen LogP contribution in [0.5, 0.6) is 0 Å². The Balaban J connectivity index is 2.48. The van der Waals surface area contributed by atoms with E-state index in [1.807, 2.05) is 30.3 Å². The van der Waals surface area contributed by atoms with E-state index in [9.17, 15) is 9.59 Å². The minimum absolute atomic E-state index is 0.0326. The Morgan fingerprint density at radius 1 is 1.28 bits per heavy atom. The van der Waals surface area contributed by atoms with Gasteiger partial charge in [0.1, 0.15) is 12.4 Å². The summed E-state index contributed by atoms with van der Waals surface area (Å²) in [7, 11) is 0. The Morgan fingerprint density at radius 2 is 1.94 bits per heavy atom. The maximum atomic E-state index is 11.7. The number of carbonyl (C=O) groups excluding carboxylic acids is 2. The first-order chi connectivity index (χ1) is 8.63. The molecule has 0 fully saturated rings. The summed E-state index contributed by atoms with van der Waals surface area (Å²) in [5, 5.41) is 0. The zero-order valence-corrected chi connectivity index (χ0v) is 10.5. The lowest BCUT2D eigenvalue weighted by Crippen LogP contribution is -2.38. The van der Waals surface area contributed by atoms with E-state index in [2.05, 4.69) is 0 Å². The molecule has 0 aliphatic rings. The molecule has 0 spiro atoms. The highest BCUT2D eigenvalue weighted by Crippen LogP contribution is 2.03. The average Bonchev–Trinajstić information content (AvgIpc) is 2.36. The van der Waals surface area contributed by atoms with Crippen molar-refractivity contribution in [1.29, 1.82) is 0 Å². The third-order valence-electron chi connectivity index (χ3n) is 2.28. The lowest BCUT2D eigenvalue weighted by atomic mass is 10.2. The molecule has 1 aromatic rings. The predicted molar refractivity (Wildman–Crippen MR) is 67.9 cm³/mol. The number of benzene rings is 1. The van der Waals surface area contributed by atoms with E-state index in [1.165, 1.54) is 11.8 Å². The van der Waals surface area contributed by atoms with Crippen molar-refractivity contribution in [2.75, 3.05) is 19.6 Å². The van der Waals surface area contributed by atoms with Gasteiger partial charge in [0.25, 0.3) is 0 Å². The molecule has 0 aliphatic heterocycles. The second-order valence-electron chi connectivity index (χ2n) is 3.95. The molecule has 0 atom stereocenters. The lowest BCUT2D eigenvalue weighted by Gasteiger charge is -2.19. The van der Waals surface area contributed by atoms with Gasteiger partial charge in [-0.3, -0.25) is 9.69 Å². The van der Waals surface area contributed by atoms with E-state index in [0.717, 1.165) is 5.56 Å². The Labute approximate surface area is 107 Å². The van der Waals surface area contributed by atoms with Crippen LogP contribution in [-0.2, 0) is 16.1 Å². The van der Waals surface area contributed by atoms with Gasteiger partial charge in [-0.15, -0.1) is 0 Å². The Bertz CT molecular complexity index is 392. The van der Waals surface area contributed by atoms with E-state index in [4.69, 9.17) is 10.5 Å². The van der Waals surface area contributed by atoms with Gasteiger partial charge in [0.05, 0.1) is 6.54 Å². The second-order valence-corrected chi connectivity index (χ2v) is 3.95. The number of nitrogens with two attached hydrogens (primary N) is 1. The number of rotatable bonds is 6. The highest BCUT2D eigenvalue weighted by atomic mass is 16.6. The maximum absolute atomic E-state index is 11.7. The number of ether oxygens (including phenoxy) is 1. The zero-order valence-electron chi connectivity index (χ0n) is 10.5. The smallest absolute Gasteiger partial charge is 0.410 e. The summed E-state index contributed by atoms with van der Waals surface area (Å²) in [5.41, 5.74) is 6.29. The van der Waals surface area contributed by atoms with Gasteiger partial charge < -0.3 is 10.5 Å². The fraction of sp³-hybridized carbons (Fsp3) is 0.385. The van der Waals surface area contributed by atoms with Crippen LogP contribution >= 0.6 is 0 Å².